The molecule has 1 aromatic heterocycles. The maximum Gasteiger partial charge on any atom is 3.00 e. The first-order chi connectivity index (χ1) is 16.6. The first kappa shape index (κ1) is 41.3. The molecule has 213 valence electrons. The molecule has 1 radical (unpaired) electrons. The van der Waals surface area contributed by atoms with Crippen molar-refractivity contribution in [1.29, 1.82) is 0 Å². The molecule has 0 amide bonds. The number of rotatable bonds is 3. The van der Waals surface area contributed by atoms with E-state index in [9.17, 15) is 9.59 Å². The molecule has 1 saturated heterocycles. The Morgan fingerprint density at radius 3 is 1.16 bits per heavy atom. The molecule has 15 nitrogen and oxygen atoms in total. The van der Waals surface area contributed by atoms with Gasteiger partial charge in [0, 0.05) is 71.4 Å². The Balaban J connectivity index is -0.000000195. The Morgan fingerprint density at radius 2 is 1.03 bits per heavy atom. The van der Waals surface area contributed by atoms with Gasteiger partial charge in [0.15, 0.2) is 0 Å². The molecule has 0 atom stereocenters. The second-order valence-electron chi connectivity index (χ2n) is 8.04. The van der Waals surface area contributed by atoms with E-state index >= 15 is 0 Å². The summed E-state index contributed by atoms with van der Waals surface area (Å²) in [5.74, 6) is -0.125. The number of pyridine rings is 1. The van der Waals surface area contributed by atoms with E-state index in [1.807, 2.05) is 31.1 Å². The summed E-state index contributed by atoms with van der Waals surface area (Å²) in [6.45, 7) is 10.0. The number of anilines is 1. The summed E-state index contributed by atoms with van der Waals surface area (Å²) in [5, 5.41) is 29.5. The van der Waals surface area contributed by atoms with Crippen LogP contribution in [-0.2, 0) is 29.1 Å². The predicted molar refractivity (Wildman–Crippen MR) is 138 cm³/mol. The number of carbonyl (C=O) groups is 2. The first-order valence-electron chi connectivity index (χ1n) is 10.8. The molecule has 0 aromatic carbocycles. The topological polar surface area (TPSA) is 192 Å². The van der Waals surface area contributed by atoms with Crippen molar-refractivity contribution in [1.82, 2.24) is 19.7 Å². The summed E-state index contributed by atoms with van der Waals surface area (Å²) >= 11 is 0. The minimum Gasteiger partial charge on any atom is -0.378 e. The summed E-state index contributed by atoms with van der Waals surface area (Å²) in [7, 11) is 10.6. The standard InChI is InChI=1S/C9H21N3.C7H10N2.C5H8O2.2NO3.Ru/c1-10-4-6-11(2)8-9-12(3)7-5-10;1-9(2)7-3-5-8-6-4-7;1-4(6)3-5(2)7;2*2-1(3)4;/h4-9H2,1-3H3;3-6H,1-2H3;3H2,1-2H3;;;/q;;;2*-1;+3. The minimum atomic E-state index is -1.75. The molecule has 2 heterocycles. The van der Waals surface area contributed by atoms with Crippen LogP contribution in [0.4, 0.5) is 5.69 Å². The van der Waals surface area contributed by atoms with Crippen molar-refractivity contribution in [3.05, 3.63) is 55.2 Å². The van der Waals surface area contributed by atoms with Crippen LogP contribution in [0.3, 0.4) is 0 Å². The van der Waals surface area contributed by atoms with Crippen LogP contribution in [0.25, 0.3) is 0 Å². The van der Waals surface area contributed by atoms with Gasteiger partial charge in [0.2, 0.25) is 0 Å². The van der Waals surface area contributed by atoms with Crippen molar-refractivity contribution >= 4 is 17.3 Å². The van der Waals surface area contributed by atoms with Gasteiger partial charge in [-0.15, -0.1) is 0 Å². The molecular formula is C21H39N7O8Ru+. The van der Waals surface area contributed by atoms with Gasteiger partial charge in [0.05, 0.1) is 16.6 Å². The molecule has 2 rings (SSSR count). The number of hydrogen-bond donors (Lipinski definition) is 0. The molecule has 1 aliphatic rings. The van der Waals surface area contributed by atoms with E-state index < -0.39 is 10.2 Å². The number of hydrogen-bond acceptors (Lipinski definition) is 13. The van der Waals surface area contributed by atoms with Crippen molar-refractivity contribution in [2.45, 2.75) is 20.3 Å². The van der Waals surface area contributed by atoms with E-state index in [1.165, 1.54) is 58.8 Å². The molecule has 1 aromatic rings. The molecule has 1 aliphatic heterocycles. The van der Waals surface area contributed by atoms with Gasteiger partial charge in [-0.05, 0) is 47.1 Å². The quantitative estimate of drug-likeness (QED) is 0.202. The Morgan fingerprint density at radius 1 is 0.784 bits per heavy atom. The fourth-order valence-corrected chi connectivity index (χ4v) is 2.35. The van der Waals surface area contributed by atoms with Crippen molar-refractivity contribution in [2.75, 3.05) is 79.4 Å². The average molecular weight is 619 g/mol. The molecule has 0 saturated carbocycles. The van der Waals surface area contributed by atoms with E-state index in [4.69, 9.17) is 30.6 Å². The average Bonchev–Trinajstić information content (AvgIpc) is 2.80. The predicted octanol–water partition coefficient (Wildman–Crippen LogP) is 1.02. The summed E-state index contributed by atoms with van der Waals surface area (Å²) < 4.78 is 0. The van der Waals surface area contributed by atoms with Crippen LogP contribution in [0.1, 0.15) is 20.3 Å². The molecule has 0 unspecified atom stereocenters. The van der Waals surface area contributed by atoms with Gasteiger partial charge >= 0.3 is 19.5 Å². The number of carbonyl (C=O) groups excluding carboxylic acids is 2. The second kappa shape index (κ2) is 26.3. The smallest absolute Gasteiger partial charge is 0.378 e. The molecule has 0 spiro atoms. The monoisotopic (exact) mass is 619 g/mol. The van der Waals surface area contributed by atoms with Crippen LogP contribution < -0.4 is 4.90 Å². The van der Waals surface area contributed by atoms with Crippen LogP contribution in [0.15, 0.2) is 24.5 Å². The first-order valence-corrected chi connectivity index (χ1v) is 10.8. The SMILES string of the molecule is CC(=O)CC(C)=O.CN(C)c1ccncc1.CN1CCN(C)CCN(C)CC1.O=[N+]([O-])[O-].O=[N+]([O-])[O-].[Ru+3]. The number of nitrogens with zero attached hydrogens (tertiary/aromatic N) is 7. The molecule has 1 fully saturated rings. The molecule has 0 bridgehead atoms. The van der Waals surface area contributed by atoms with E-state index in [0.717, 1.165) is 0 Å². The number of ketones is 2. The zero-order chi connectivity index (χ0) is 28.7. The maximum atomic E-state index is 10.0. The van der Waals surface area contributed by atoms with Gasteiger partial charge in [0.1, 0.15) is 11.6 Å². The zero-order valence-electron chi connectivity index (χ0n) is 22.5. The van der Waals surface area contributed by atoms with Gasteiger partial charge in [-0.3, -0.25) is 14.6 Å². The molecule has 0 N–H and O–H groups in total. The summed E-state index contributed by atoms with van der Waals surface area (Å²) in [6, 6.07) is 3.94. The maximum absolute atomic E-state index is 10.0. The van der Waals surface area contributed by atoms with Crippen LogP contribution in [0.2, 0.25) is 0 Å². The minimum absolute atomic E-state index is 0. The van der Waals surface area contributed by atoms with Crippen LogP contribution in [-0.4, -0.2) is 116 Å². The molecule has 16 heteroatoms. The van der Waals surface area contributed by atoms with Crippen molar-refractivity contribution in [3.8, 4) is 0 Å². The van der Waals surface area contributed by atoms with E-state index in [0.29, 0.717) is 0 Å². The largest absolute Gasteiger partial charge is 3.00 e. The summed E-state index contributed by atoms with van der Waals surface area (Å²) in [5.41, 5.74) is 1.19. The molecule has 0 aliphatic carbocycles. The Hall–Kier alpha value is -2.81. The fraction of sp³-hybridized carbons (Fsp3) is 0.667. The van der Waals surface area contributed by atoms with Gasteiger partial charge in [-0.25, -0.2) is 0 Å². The normalized spacial score (nSPS) is 13.6. The van der Waals surface area contributed by atoms with Crippen molar-refractivity contribution in [2.24, 2.45) is 0 Å². The Bertz CT molecular complexity index is 677. The molecular weight excluding hydrogens is 579 g/mol. The number of aromatic nitrogens is 1. The van der Waals surface area contributed by atoms with Gasteiger partial charge in [-0.1, -0.05) is 0 Å². The van der Waals surface area contributed by atoms with E-state index in [1.54, 1.807) is 12.4 Å². The fourth-order valence-electron chi connectivity index (χ4n) is 2.35. The Labute approximate surface area is 231 Å². The van der Waals surface area contributed by atoms with Gasteiger partial charge in [-0.2, -0.15) is 0 Å². The number of likely N-dealkylation sites (N-methyl/N-ethyl adjacent to an activating group) is 3. The molecule has 37 heavy (non-hydrogen) atoms. The van der Waals surface area contributed by atoms with Crippen LogP contribution in [0.5, 0.6) is 0 Å². The zero-order valence-corrected chi connectivity index (χ0v) is 24.2. The summed E-state index contributed by atoms with van der Waals surface area (Å²) in [6.07, 6.45) is 3.66. The van der Waals surface area contributed by atoms with Crippen LogP contribution >= 0.6 is 0 Å². The Kier molecular flexibility index (Phi) is 29.3. The third-order valence-corrected chi connectivity index (χ3v) is 4.27. The van der Waals surface area contributed by atoms with E-state index in [-0.39, 0.29) is 37.5 Å². The third kappa shape index (κ3) is 40.6. The second-order valence-corrected chi connectivity index (χ2v) is 8.04. The van der Waals surface area contributed by atoms with Crippen LogP contribution in [0, 0.1) is 30.6 Å². The van der Waals surface area contributed by atoms with Crippen molar-refractivity contribution < 1.29 is 39.2 Å². The van der Waals surface area contributed by atoms with Gasteiger partial charge < -0.3 is 50.2 Å². The van der Waals surface area contributed by atoms with Gasteiger partial charge in [0.25, 0.3) is 0 Å². The van der Waals surface area contributed by atoms with E-state index in [2.05, 4.69) is 40.8 Å². The number of Topliss-reactive ketones (excluding diaryl/α,β-unsaturated/α-hetero) is 2. The summed E-state index contributed by atoms with van der Waals surface area (Å²) in [4.78, 5) is 49.7. The van der Waals surface area contributed by atoms with Crippen molar-refractivity contribution in [3.63, 3.8) is 0 Å². The third-order valence-electron chi connectivity index (χ3n) is 4.27.